The number of fused-ring (bicyclic) bond motifs is 3. The second kappa shape index (κ2) is 26.1. The van der Waals surface area contributed by atoms with Crippen LogP contribution < -0.4 is 48.7 Å². The Balaban J connectivity index is 1.08. The number of alkyl carbamates (subject to hydrolysis) is 1. The van der Waals surface area contributed by atoms with Crippen LogP contribution in [-0.4, -0.2) is 161 Å². The number of rotatable bonds is 18. The molecule has 0 radical (unpaired) electrons. The number of carboxylic acids is 1. The van der Waals surface area contributed by atoms with Gasteiger partial charge in [0.25, 0.3) is 5.91 Å². The van der Waals surface area contributed by atoms with Gasteiger partial charge in [0.2, 0.25) is 29.5 Å². The van der Waals surface area contributed by atoms with Crippen LogP contribution in [0.15, 0.2) is 83.9 Å². The van der Waals surface area contributed by atoms with Crippen LogP contribution in [0, 0.1) is 0 Å². The number of guanidine groups is 1. The average Bonchev–Trinajstić information content (AvgIpc) is 3.69. The zero-order valence-corrected chi connectivity index (χ0v) is 39.7. The van der Waals surface area contributed by atoms with Gasteiger partial charge in [-0.15, -0.1) is 0 Å². The molecule has 2 fully saturated rings. The van der Waals surface area contributed by atoms with Gasteiger partial charge in [0.1, 0.15) is 55.2 Å². The molecular formula is C49H62N10O14. The molecule has 9 atom stereocenters. The molecule has 2 aliphatic heterocycles. The van der Waals surface area contributed by atoms with E-state index in [9.17, 15) is 58.8 Å². The second-order valence-corrected chi connectivity index (χ2v) is 17.8. The number of nitrogens with zero attached hydrogens (tertiary/aromatic N) is 1. The first kappa shape index (κ1) is 54.7. The van der Waals surface area contributed by atoms with Crippen molar-refractivity contribution in [2.45, 2.75) is 106 Å². The molecule has 3 aromatic carbocycles. The van der Waals surface area contributed by atoms with Crippen LogP contribution in [0.4, 0.5) is 4.79 Å². The summed E-state index contributed by atoms with van der Waals surface area (Å²) in [5.74, 6) is -7.19. The van der Waals surface area contributed by atoms with Crippen molar-refractivity contribution in [3.63, 3.8) is 0 Å². The molecule has 2 unspecified atom stereocenters. The number of benzene rings is 3. The van der Waals surface area contributed by atoms with Crippen LogP contribution in [0.1, 0.15) is 61.1 Å². The van der Waals surface area contributed by atoms with Crippen LogP contribution in [0.25, 0.3) is 11.1 Å². The van der Waals surface area contributed by atoms with Crippen LogP contribution in [0.3, 0.4) is 0 Å². The van der Waals surface area contributed by atoms with Gasteiger partial charge < -0.3 is 78.6 Å². The summed E-state index contributed by atoms with van der Waals surface area (Å²) in [5, 5.41) is 59.3. The largest absolute Gasteiger partial charge is 0.481 e. The smallest absolute Gasteiger partial charge is 0.407 e. The Kier molecular flexibility index (Phi) is 19.6. The Hall–Kier alpha value is -7.67. The highest BCUT2D eigenvalue weighted by atomic mass is 16.6. The van der Waals surface area contributed by atoms with E-state index in [1.165, 1.54) is 0 Å². The number of nitrogens with one attached hydrogen (secondary N) is 7. The molecule has 0 spiro atoms. The van der Waals surface area contributed by atoms with Gasteiger partial charge in [0.15, 0.2) is 12.1 Å². The third-order valence-corrected chi connectivity index (χ3v) is 12.6. The summed E-state index contributed by atoms with van der Waals surface area (Å²) in [6.07, 6.45) is -9.92. The molecule has 392 valence electrons. The minimum Gasteiger partial charge on any atom is -0.481 e. The SMILES string of the molecule is NC(N)=NCCC[C@@H]1NC(=O)[C@H](CCCCNC(=O)C2O[C@H](CNC(=O)OCC3c4ccccc4-c4ccccc43)[C@@H](O)C(O)[C@@H]2O)NC(=O)[C@@H](Cc2ccccc2)NC(=O)[C@H](CC(=O)O)NC(=O)CNC1=O. The molecule has 3 aliphatic rings. The second-order valence-electron chi connectivity index (χ2n) is 17.8. The highest BCUT2D eigenvalue weighted by Crippen LogP contribution is 2.44. The van der Waals surface area contributed by atoms with Crippen LogP contribution in [0.2, 0.25) is 0 Å². The van der Waals surface area contributed by atoms with Crippen molar-refractivity contribution < 1.29 is 68.3 Å². The lowest BCUT2D eigenvalue weighted by atomic mass is 9.94. The van der Waals surface area contributed by atoms with Gasteiger partial charge in [-0.3, -0.25) is 38.6 Å². The highest BCUT2D eigenvalue weighted by molar-refractivity contribution is 5.98. The fourth-order valence-electron chi connectivity index (χ4n) is 8.79. The Bertz CT molecular complexity index is 2450. The molecule has 0 saturated carbocycles. The molecule has 15 N–H and O–H groups in total. The number of unbranched alkanes of at least 4 members (excludes halogenated alkanes) is 1. The number of aliphatic hydroxyl groups is 3. The topological polar surface area (TPSA) is 385 Å². The maximum absolute atomic E-state index is 14.1. The molecule has 2 heterocycles. The molecule has 6 rings (SSSR count). The predicted octanol–water partition coefficient (Wildman–Crippen LogP) is -2.50. The van der Waals surface area contributed by atoms with E-state index in [-0.39, 0.29) is 70.1 Å². The molecular weight excluding hydrogens is 953 g/mol. The molecule has 24 heteroatoms. The van der Waals surface area contributed by atoms with Crippen molar-refractivity contribution in [1.82, 2.24) is 37.2 Å². The molecule has 1 aliphatic carbocycles. The van der Waals surface area contributed by atoms with E-state index in [1.54, 1.807) is 30.3 Å². The van der Waals surface area contributed by atoms with Crippen LogP contribution >= 0.6 is 0 Å². The normalized spacial score (nSPS) is 24.6. The number of amides is 7. The summed E-state index contributed by atoms with van der Waals surface area (Å²) in [7, 11) is 0. The summed E-state index contributed by atoms with van der Waals surface area (Å²) >= 11 is 0. The lowest BCUT2D eigenvalue weighted by Gasteiger charge is -2.39. The number of carboxylic acid groups (broad SMARTS) is 1. The number of hydrogen-bond donors (Lipinski definition) is 13. The maximum Gasteiger partial charge on any atom is 0.407 e. The summed E-state index contributed by atoms with van der Waals surface area (Å²) in [4.78, 5) is 110. The summed E-state index contributed by atoms with van der Waals surface area (Å²) in [5.41, 5.74) is 15.5. The summed E-state index contributed by atoms with van der Waals surface area (Å²) < 4.78 is 11.3. The fourth-order valence-corrected chi connectivity index (χ4v) is 8.79. The maximum atomic E-state index is 14.1. The number of carbonyl (C=O) groups excluding carboxylic acids is 7. The Labute approximate surface area is 419 Å². The van der Waals surface area contributed by atoms with Gasteiger partial charge in [-0.1, -0.05) is 78.9 Å². The van der Waals surface area contributed by atoms with Gasteiger partial charge in [-0.25, -0.2) is 4.79 Å². The molecule has 7 amide bonds. The van der Waals surface area contributed by atoms with E-state index in [0.29, 0.717) is 5.56 Å². The van der Waals surface area contributed by atoms with Gasteiger partial charge in [-0.05, 0) is 59.9 Å². The molecule has 73 heavy (non-hydrogen) atoms. The van der Waals surface area contributed by atoms with Crippen molar-refractivity contribution in [3.05, 3.63) is 95.6 Å². The van der Waals surface area contributed by atoms with Crippen molar-refractivity contribution >= 4 is 53.5 Å². The standard InChI is InChI=1S/C49H62N10O14/c50-48(51)53-20-10-18-32-43(66)54-24-37(60)56-35(22-38(61)62)46(69)59-34(21-26-11-2-1-3-12-26)45(68)58-33(44(67)57-32)17-8-9-19-52-47(70)42-41(65)40(64)39(63)36(73-42)23-55-49(71)72-25-31-29-15-6-4-13-27(29)28-14-5-7-16-30(28)31/h1-7,11-16,31-36,39-42,63-65H,8-10,17-25H2,(H,52,70)(H,54,66)(H,55,71)(H,56,60)(H,57,67)(H,58,68)(H,59,69)(H,61,62)(H4,50,51,53)/t32-,33-,34+,35-,36+,39+,40?,41-,42?/m0/s1. The lowest BCUT2D eigenvalue weighted by Crippen LogP contribution is -2.63. The fraction of sp³-hybridized carbons (Fsp3) is 0.449. The Morgan fingerprint density at radius 3 is 1.93 bits per heavy atom. The molecule has 2 saturated heterocycles. The lowest BCUT2D eigenvalue weighted by molar-refractivity contribution is -0.218. The predicted molar refractivity (Wildman–Crippen MR) is 260 cm³/mol. The monoisotopic (exact) mass is 1010 g/mol. The zero-order chi connectivity index (χ0) is 52.6. The van der Waals surface area contributed by atoms with Crippen LogP contribution in [-0.2, 0) is 49.5 Å². The number of ether oxygens (including phenoxy) is 2. The Morgan fingerprint density at radius 2 is 1.27 bits per heavy atom. The van der Waals surface area contributed by atoms with Crippen molar-refractivity contribution in [1.29, 1.82) is 0 Å². The first-order chi connectivity index (χ1) is 35.0. The summed E-state index contributed by atoms with van der Waals surface area (Å²) in [6, 6.07) is 18.3. The third kappa shape index (κ3) is 15.2. The Morgan fingerprint density at radius 1 is 0.685 bits per heavy atom. The van der Waals surface area contributed by atoms with E-state index in [2.05, 4.69) is 42.2 Å². The number of nitrogens with two attached hydrogens (primary N) is 2. The summed E-state index contributed by atoms with van der Waals surface area (Å²) in [6.45, 7) is -1.11. The number of carbonyl (C=O) groups is 8. The molecule has 3 aromatic rings. The first-order valence-corrected chi connectivity index (χ1v) is 23.9. The quantitative estimate of drug-likeness (QED) is 0.0356. The van der Waals surface area contributed by atoms with E-state index in [4.69, 9.17) is 20.9 Å². The average molecular weight is 1020 g/mol. The minimum absolute atomic E-state index is 0.00221. The number of aliphatic carboxylic acids is 1. The van der Waals surface area contributed by atoms with Crippen molar-refractivity contribution in [2.24, 2.45) is 16.5 Å². The van der Waals surface area contributed by atoms with Gasteiger partial charge in [0, 0.05) is 32.0 Å². The number of aliphatic imine (C=N–C) groups is 1. The van der Waals surface area contributed by atoms with Gasteiger partial charge in [0.05, 0.1) is 13.0 Å². The van der Waals surface area contributed by atoms with Crippen LogP contribution in [0.5, 0.6) is 0 Å². The zero-order valence-electron chi connectivity index (χ0n) is 39.7. The minimum atomic E-state index is -1.86. The van der Waals surface area contributed by atoms with Gasteiger partial charge >= 0.3 is 12.1 Å². The molecule has 0 aromatic heterocycles. The van der Waals surface area contributed by atoms with Crippen molar-refractivity contribution in [3.8, 4) is 11.1 Å². The van der Waals surface area contributed by atoms with E-state index < -0.39 is 122 Å². The van der Waals surface area contributed by atoms with Gasteiger partial charge in [-0.2, -0.15) is 0 Å². The number of hydrogen-bond acceptors (Lipinski definition) is 14. The van der Waals surface area contributed by atoms with E-state index in [1.807, 2.05) is 48.5 Å². The highest BCUT2D eigenvalue weighted by Gasteiger charge is 2.47. The van der Waals surface area contributed by atoms with E-state index >= 15 is 0 Å². The number of aliphatic hydroxyl groups excluding tert-OH is 3. The first-order valence-electron chi connectivity index (χ1n) is 23.9. The van der Waals surface area contributed by atoms with E-state index in [0.717, 1.165) is 22.3 Å². The van der Waals surface area contributed by atoms with Crippen molar-refractivity contribution in [2.75, 3.05) is 32.8 Å². The molecule has 24 nitrogen and oxygen atoms in total. The third-order valence-electron chi connectivity index (χ3n) is 12.6. The molecule has 0 bridgehead atoms.